The predicted molar refractivity (Wildman–Crippen MR) is 126 cm³/mol. The molecule has 0 unspecified atom stereocenters. The number of rotatable bonds is 6. The van der Waals surface area contributed by atoms with Gasteiger partial charge < -0.3 is 9.73 Å². The fourth-order valence-electron chi connectivity index (χ4n) is 3.52. The Morgan fingerprint density at radius 2 is 2.00 bits per heavy atom. The SMILES string of the molecule is CCc1nnc(-c2cc(C(=O)NCc3ccc(C)nc3)cn3c(-c4ccc(C)s4)cnc23)o1. The molecule has 0 aliphatic carbocycles. The van der Waals surface area contributed by atoms with Crippen molar-refractivity contribution in [2.45, 2.75) is 33.7 Å². The van der Waals surface area contributed by atoms with Crippen molar-refractivity contribution in [1.82, 2.24) is 29.9 Å². The summed E-state index contributed by atoms with van der Waals surface area (Å²) in [6, 6.07) is 9.75. The Kier molecular flexibility index (Phi) is 5.47. The molecule has 5 aromatic heterocycles. The first kappa shape index (κ1) is 21.0. The number of aryl methyl sites for hydroxylation is 3. The second kappa shape index (κ2) is 8.59. The number of carbonyl (C=O) groups is 1. The van der Waals surface area contributed by atoms with Crippen molar-refractivity contribution in [3.8, 4) is 22.0 Å². The summed E-state index contributed by atoms with van der Waals surface area (Å²) in [6.45, 7) is 6.31. The van der Waals surface area contributed by atoms with Gasteiger partial charge >= 0.3 is 0 Å². The molecule has 9 heteroatoms. The molecule has 5 rings (SSSR count). The largest absolute Gasteiger partial charge is 0.421 e. The van der Waals surface area contributed by atoms with Crippen LogP contribution in [0.5, 0.6) is 0 Å². The average Bonchev–Trinajstić information content (AvgIpc) is 3.57. The Morgan fingerprint density at radius 1 is 1.12 bits per heavy atom. The lowest BCUT2D eigenvalue weighted by molar-refractivity contribution is 0.0950. The molecule has 0 aromatic carbocycles. The van der Waals surface area contributed by atoms with E-state index in [2.05, 4.69) is 44.5 Å². The number of nitrogens with zero attached hydrogens (tertiary/aromatic N) is 5. The minimum Gasteiger partial charge on any atom is -0.421 e. The van der Waals surface area contributed by atoms with Crippen molar-refractivity contribution in [2.24, 2.45) is 0 Å². The van der Waals surface area contributed by atoms with Gasteiger partial charge in [-0.2, -0.15) is 0 Å². The Bertz CT molecular complexity index is 1450. The Hall–Kier alpha value is -3.85. The highest BCUT2D eigenvalue weighted by atomic mass is 32.1. The van der Waals surface area contributed by atoms with Crippen LogP contribution in [-0.4, -0.2) is 30.5 Å². The van der Waals surface area contributed by atoms with Gasteiger partial charge in [0.15, 0.2) is 0 Å². The number of aromatic nitrogens is 5. The van der Waals surface area contributed by atoms with E-state index in [1.807, 2.05) is 30.4 Å². The van der Waals surface area contributed by atoms with E-state index in [0.29, 0.717) is 41.5 Å². The molecule has 0 bridgehead atoms. The molecule has 5 heterocycles. The fourth-order valence-corrected chi connectivity index (χ4v) is 4.39. The van der Waals surface area contributed by atoms with Gasteiger partial charge in [-0.05, 0) is 43.7 Å². The molecule has 33 heavy (non-hydrogen) atoms. The summed E-state index contributed by atoms with van der Waals surface area (Å²) in [5.41, 5.74) is 4.51. The molecule has 0 radical (unpaired) electrons. The normalized spacial score (nSPS) is 11.2. The number of hydrogen-bond acceptors (Lipinski definition) is 7. The summed E-state index contributed by atoms with van der Waals surface area (Å²) in [4.78, 5) is 24.3. The summed E-state index contributed by atoms with van der Waals surface area (Å²) in [5.74, 6) is 0.662. The minimum absolute atomic E-state index is 0.212. The van der Waals surface area contributed by atoms with Gasteiger partial charge in [0.2, 0.25) is 5.89 Å². The van der Waals surface area contributed by atoms with E-state index in [-0.39, 0.29) is 5.91 Å². The molecule has 0 spiro atoms. The maximum atomic E-state index is 13.1. The van der Waals surface area contributed by atoms with Gasteiger partial charge in [0.25, 0.3) is 11.8 Å². The molecule has 166 valence electrons. The van der Waals surface area contributed by atoms with Crippen molar-refractivity contribution >= 4 is 22.9 Å². The maximum Gasteiger partial charge on any atom is 0.253 e. The molecule has 0 fully saturated rings. The van der Waals surface area contributed by atoms with E-state index in [4.69, 9.17) is 4.42 Å². The van der Waals surface area contributed by atoms with Crippen LogP contribution in [0.15, 0.2) is 53.3 Å². The highest BCUT2D eigenvalue weighted by molar-refractivity contribution is 7.15. The first-order valence-electron chi connectivity index (χ1n) is 10.6. The second-order valence-corrected chi connectivity index (χ2v) is 9.02. The first-order chi connectivity index (χ1) is 16.0. The molecule has 5 aromatic rings. The molecular weight excluding hydrogens is 436 g/mol. The summed E-state index contributed by atoms with van der Waals surface area (Å²) in [7, 11) is 0. The molecule has 0 aliphatic heterocycles. The van der Waals surface area contributed by atoms with Gasteiger partial charge in [-0.25, -0.2) is 4.98 Å². The lowest BCUT2D eigenvalue weighted by Gasteiger charge is -2.09. The Labute approximate surface area is 194 Å². The monoisotopic (exact) mass is 458 g/mol. The number of thiophene rings is 1. The van der Waals surface area contributed by atoms with Crippen LogP contribution in [0.4, 0.5) is 0 Å². The summed E-state index contributed by atoms with van der Waals surface area (Å²) in [6.07, 6.45) is 6.00. The van der Waals surface area contributed by atoms with Crippen LogP contribution in [0.2, 0.25) is 0 Å². The molecule has 1 amide bonds. The van der Waals surface area contributed by atoms with Crippen LogP contribution in [0.3, 0.4) is 0 Å². The van der Waals surface area contributed by atoms with Crippen LogP contribution in [0.25, 0.3) is 27.7 Å². The van der Waals surface area contributed by atoms with Crippen LogP contribution in [-0.2, 0) is 13.0 Å². The number of pyridine rings is 2. The first-order valence-corrected chi connectivity index (χ1v) is 11.4. The lowest BCUT2D eigenvalue weighted by atomic mass is 10.1. The third-order valence-corrected chi connectivity index (χ3v) is 6.31. The number of carbonyl (C=O) groups excluding carboxylic acids is 1. The smallest absolute Gasteiger partial charge is 0.253 e. The zero-order valence-electron chi connectivity index (χ0n) is 18.5. The zero-order valence-corrected chi connectivity index (χ0v) is 19.3. The van der Waals surface area contributed by atoms with Crippen LogP contribution < -0.4 is 5.32 Å². The molecule has 0 saturated carbocycles. The third kappa shape index (κ3) is 4.14. The molecule has 0 saturated heterocycles. The van der Waals surface area contributed by atoms with Gasteiger partial charge in [-0.3, -0.25) is 14.2 Å². The summed E-state index contributed by atoms with van der Waals surface area (Å²) in [5, 5.41) is 11.2. The number of fused-ring (bicyclic) bond motifs is 1. The highest BCUT2D eigenvalue weighted by Gasteiger charge is 2.20. The van der Waals surface area contributed by atoms with Crippen molar-refractivity contribution in [3.05, 3.63) is 76.5 Å². The summed E-state index contributed by atoms with van der Waals surface area (Å²) >= 11 is 1.67. The van der Waals surface area contributed by atoms with Crippen LogP contribution in [0.1, 0.15) is 39.3 Å². The van der Waals surface area contributed by atoms with Crippen LogP contribution >= 0.6 is 11.3 Å². The van der Waals surface area contributed by atoms with Gasteiger partial charge in [0.05, 0.1) is 27.9 Å². The van der Waals surface area contributed by atoms with Crippen molar-refractivity contribution in [2.75, 3.05) is 0 Å². The lowest BCUT2D eigenvalue weighted by Crippen LogP contribution is -2.23. The maximum absolute atomic E-state index is 13.1. The Balaban J connectivity index is 1.57. The zero-order chi connectivity index (χ0) is 22.9. The minimum atomic E-state index is -0.212. The van der Waals surface area contributed by atoms with Crippen LogP contribution in [0, 0.1) is 13.8 Å². The highest BCUT2D eigenvalue weighted by Crippen LogP contribution is 2.32. The number of imidazole rings is 1. The predicted octanol–water partition coefficient (Wildman–Crippen LogP) is 4.62. The standard InChI is InChI=1S/C24H22N6O2S/c1-4-21-28-29-24(32-21)18-9-17(23(31)27-11-16-7-5-14(2)25-10-16)13-30-19(12-26-22(18)30)20-8-6-15(3)33-20/h5-10,12-13H,4,11H2,1-3H3,(H,27,31). The summed E-state index contributed by atoms with van der Waals surface area (Å²) < 4.78 is 7.72. The number of nitrogens with one attached hydrogen (secondary N) is 1. The Morgan fingerprint density at radius 3 is 2.70 bits per heavy atom. The van der Waals surface area contributed by atoms with Gasteiger partial charge in [0.1, 0.15) is 5.65 Å². The molecule has 1 N–H and O–H groups in total. The fraction of sp³-hybridized carbons (Fsp3) is 0.208. The molecule has 0 aliphatic rings. The third-order valence-electron chi connectivity index (χ3n) is 5.29. The van der Waals surface area contributed by atoms with E-state index in [1.54, 1.807) is 36.0 Å². The number of amides is 1. The van der Waals surface area contributed by atoms with Gasteiger partial charge in [0, 0.05) is 35.9 Å². The molecule has 8 nitrogen and oxygen atoms in total. The molecular formula is C24H22N6O2S. The second-order valence-electron chi connectivity index (χ2n) is 7.73. The van der Waals surface area contributed by atoms with E-state index < -0.39 is 0 Å². The van der Waals surface area contributed by atoms with E-state index >= 15 is 0 Å². The van der Waals surface area contributed by atoms with Gasteiger partial charge in [-0.15, -0.1) is 21.5 Å². The van der Waals surface area contributed by atoms with Crippen molar-refractivity contribution in [1.29, 1.82) is 0 Å². The van der Waals surface area contributed by atoms with E-state index in [0.717, 1.165) is 21.8 Å². The van der Waals surface area contributed by atoms with Crippen molar-refractivity contribution < 1.29 is 9.21 Å². The quantitative estimate of drug-likeness (QED) is 0.399. The van der Waals surface area contributed by atoms with Crippen molar-refractivity contribution in [3.63, 3.8) is 0 Å². The molecule has 0 atom stereocenters. The van der Waals surface area contributed by atoms with E-state index in [1.165, 1.54) is 4.88 Å². The van der Waals surface area contributed by atoms with Gasteiger partial charge in [-0.1, -0.05) is 13.0 Å². The number of hydrogen-bond donors (Lipinski definition) is 1. The average molecular weight is 459 g/mol. The topological polar surface area (TPSA) is 98.2 Å². The van der Waals surface area contributed by atoms with E-state index in [9.17, 15) is 4.79 Å².